The van der Waals surface area contributed by atoms with E-state index in [-0.39, 0.29) is 12.8 Å². The molecule has 0 saturated carbocycles. The molecular weight excluding hydrogens is 428 g/mol. The van der Waals surface area contributed by atoms with E-state index in [2.05, 4.69) is 31.4 Å². The summed E-state index contributed by atoms with van der Waals surface area (Å²) in [4.78, 5) is 21.2. The van der Waals surface area contributed by atoms with Gasteiger partial charge in [-0.1, -0.05) is 129 Å². The summed E-state index contributed by atoms with van der Waals surface area (Å²) in [5.74, 6) is -0.782. The lowest BCUT2D eigenvalue weighted by atomic mass is 10.0. The molecular formula is C29H52O5. The monoisotopic (exact) mass is 480 g/mol. The van der Waals surface area contributed by atoms with Crippen molar-refractivity contribution >= 4 is 11.9 Å². The quantitative estimate of drug-likeness (QED) is 0.0457. The van der Waals surface area contributed by atoms with Crippen LogP contribution in [-0.2, 0) is 23.8 Å². The molecule has 0 aromatic heterocycles. The van der Waals surface area contributed by atoms with Crippen LogP contribution in [0, 0.1) is 0 Å². The van der Waals surface area contributed by atoms with Gasteiger partial charge in [0.25, 0.3) is 0 Å². The molecule has 0 rings (SSSR count). The van der Waals surface area contributed by atoms with Crippen LogP contribution >= 0.6 is 0 Å². The normalized spacial score (nSPS) is 10.0. The van der Waals surface area contributed by atoms with Crippen LogP contribution in [0.5, 0.6) is 0 Å². The highest BCUT2D eigenvalue weighted by Crippen LogP contribution is 2.14. The SMILES string of the molecule is C=CC(=O)OCCCCCCCCCCCCCCCCCCC.C=CCOCOC(=O)C=C. The van der Waals surface area contributed by atoms with Gasteiger partial charge < -0.3 is 14.2 Å². The van der Waals surface area contributed by atoms with E-state index in [1.54, 1.807) is 6.08 Å². The molecule has 0 aromatic carbocycles. The molecule has 0 bridgehead atoms. The zero-order valence-electron chi connectivity index (χ0n) is 22.0. The van der Waals surface area contributed by atoms with Crippen molar-refractivity contribution < 1.29 is 23.8 Å². The molecule has 0 aliphatic carbocycles. The summed E-state index contributed by atoms with van der Waals surface area (Å²) in [6.07, 6.45) is 27.1. The summed E-state index contributed by atoms with van der Waals surface area (Å²) in [5, 5.41) is 0. The third-order valence-electron chi connectivity index (χ3n) is 5.35. The number of hydrogen-bond acceptors (Lipinski definition) is 5. The van der Waals surface area contributed by atoms with E-state index in [4.69, 9.17) is 9.47 Å². The number of esters is 2. The van der Waals surface area contributed by atoms with Crippen molar-refractivity contribution in [2.24, 2.45) is 0 Å². The molecule has 0 aliphatic rings. The lowest BCUT2D eigenvalue weighted by Crippen LogP contribution is -2.04. The summed E-state index contributed by atoms with van der Waals surface area (Å²) in [6, 6.07) is 0. The van der Waals surface area contributed by atoms with Crippen molar-refractivity contribution in [3.05, 3.63) is 38.0 Å². The van der Waals surface area contributed by atoms with Gasteiger partial charge in [0.05, 0.1) is 13.2 Å². The largest absolute Gasteiger partial charge is 0.463 e. The van der Waals surface area contributed by atoms with E-state index >= 15 is 0 Å². The molecule has 0 fully saturated rings. The predicted octanol–water partition coefficient (Wildman–Crippen LogP) is 8.24. The van der Waals surface area contributed by atoms with Gasteiger partial charge in [0.1, 0.15) is 0 Å². The number of ether oxygens (including phenoxy) is 3. The van der Waals surface area contributed by atoms with Gasteiger partial charge in [0, 0.05) is 12.2 Å². The molecule has 5 nitrogen and oxygen atoms in total. The van der Waals surface area contributed by atoms with Gasteiger partial charge in [-0.3, -0.25) is 0 Å². The van der Waals surface area contributed by atoms with Gasteiger partial charge in [0.15, 0.2) is 6.79 Å². The highest BCUT2D eigenvalue weighted by molar-refractivity contribution is 5.81. The second kappa shape index (κ2) is 31.1. The number of hydrogen-bond donors (Lipinski definition) is 0. The minimum atomic E-state index is -0.482. The van der Waals surface area contributed by atoms with Crippen LogP contribution in [0.4, 0.5) is 0 Å². The van der Waals surface area contributed by atoms with Gasteiger partial charge in [-0.15, -0.1) is 6.58 Å². The van der Waals surface area contributed by atoms with Crippen LogP contribution in [0.15, 0.2) is 38.0 Å². The molecule has 0 amide bonds. The molecule has 5 heteroatoms. The highest BCUT2D eigenvalue weighted by Gasteiger charge is 1.97. The fraction of sp³-hybridized carbons (Fsp3) is 0.724. The minimum absolute atomic E-state index is 0.0448. The number of unbranched alkanes of at least 4 members (excludes halogenated alkanes) is 16. The first-order valence-electron chi connectivity index (χ1n) is 13.4. The second-order valence-electron chi connectivity index (χ2n) is 8.47. The standard InChI is InChI=1S/C22H42O2.C7H10O3/c1-3-5-6-7-8-9-10-11-12-13-14-15-16-17-18-19-20-21-24-22(23)4-2;1-3-5-9-6-10-7(8)4-2/h4H,2-3,5-21H2,1H3;3-4H,1-2,5-6H2. The van der Waals surface area contributed by atoms with Crippen LogP contribution in [-0.4, -0.2) is 31.9 Å². The second-order valence-corrected chi connectivity index (χ2v) is 8.47. The Kier molecular flexibility index (Phi) is 31.4. The molecule has 0 aliphatic heterocycles. The van der Waals surface area contributed by atoms with Crippen LogP contribution in [0.3, 0.4) is 0 Å². The fourth-order valence-corrected chi connectivity index (χ4v) is 3.35. The summed E-state index contributed by atoms with van der Waals surface area (Å²) in [5.41, 5.74) is 0. The third kappa shape index (κ3) is 32.3. The maximum atomic E-state index is 10.8. The Balaban J connectivity index is 0. The first-order chi connectivity index (χ1) is 16.6. The average molecular weight is 481 g/mol. The molecule has 0 saturated heterocycles. The van der Waals surface area contributed by atoms with Crippen molar-refractivity contribution in [1.29, 1.82) is 0 Å². The molecule has 34 heavy (non-hydrogen) atoms. The maximum Gasteiger partial charge on any atom is 0.332 e. The molecule has 0 radical (unpaired) electrons. The summed E-state index contributed by atoms with van der Waals surface area (Å²) in [6.45, 7) is 13.2. The third-order valence-corrected chi connectivity index (χ3v) is 5.35. The van der Waals surface area contributed by atoms with E-state index < -0.39 is 5.97 Å². The summed E-state index contributed by atoms with van der Waals surface area (Å²) in [7, 11) is 0. The summed E-state index contributed by atoms with van der Waals surface area (Å²) < 4.78 is 14.2. The minimum Gasteiger partial charge on any atom is -0.463 e. The molecule has 0 aromatic rings. The Morgan fingerprint density at radius 3 is 1.35 bits per heavy atom. The number of carbonyl (C=O) groups is 2. The van der Waals surface area contributed by atoms with Crippen molar-refractivity contribution in [2.45, 2.75) is 116 Å². The Labute approximate surface area is 210 Å². The van der Waals surface area contributed by atoms with Gasteiger partial charge in [-0.25, -0.2) is 9.59 Å². The van der Waals surface area contributed by atoms with E-state index in [0.29, 0.717) is 13.2 Å². The zero-order valence-corrected chi connectivity index (χ0v) is 22.0. The molecule has 0 N–H and O–H groups in total. The topological polar surface area (TPSA) is 61.8 Å². The van der Waals surface area contributed by atoms with E-state index in [0.717, 1.165) is 12.5 Å². The highest BCUT2D eigenvalue weighted by atomic mass is 16.7. The van der Waals surface area contributed by atoms with Gasteiger partial charge >= 0.3 is 11.9 Å². The van der Waals surface area contributed by atoms with Crippen molar-refractivity contribution in [3.8, 4) is 0 Å². The van der Waals surface area contributed by atoms with E-state index in [9.17, 15) is 9.59 Å². The number of carbonyl (C=O) groups excluding carboxylic acids is 2. The average Bonchev–Trinajstić information content (AvgIpc) is 2.85. The zero-order chi connectivity index (χ0) is 25.5. The van der Waals surface area contributed by atoms with Crippen molar-refractivity contribution in [2.75, 3.05) is 20.0 Å². The van der Waals surface area contributed by atoms with E-state index in [1.807, 2.05) is 0 Å². The predicted molar refractivity (Wildman–Crippen MR) is 143 cm³/mol. The lowest BCUT2D eigenvalue weighted by Gasteiger charge is -2.04. The lowest BCUT2D eigenvalue weighted by molar-refractivity contribution is -0.149. The van der Waals surface area contributed by atoms with Crippen LogP contribution in [0.25, 0.3) is 0 Å². The Morgan fingerprint density at radius 1 is 0.588 bits per heavy atom. The molecule has 198 valence electrons. The van der Waals surface area contributed by atoms with Crippen LogP contribution in [0.1, 0.15) is 116 Å². The van der Waals surface area contributed by atoms with E-state index in [1.165, 1.54) is 109 Å². The molecule has 0 spiro atoms. The fourth-order valence-electron chi connectivity index (χ4n) is 3.35. The van der Waals surface area contributed by atoms with Crippen LogP contribution < -0.4 is 0 Å². The smallest absolute Gasteiger partial charge is 0.332 e. The first kappa shape index (κ1) is 34.3. The van der Waals surface area contributed by atoms with Gasteiger partial charge in [-0.2, -0.15) is 0 Å². The van der Waals surface area contributed by atoms with Crippen molar-refractivity contribution in [1.82, 2.24) is 0 Å². The van der Waals surface area contributed by atoms with Gasteiger partial charge in [0.2, 0.25) is 0 Å². The van der Waals surface area contributed by atoms with Crippen LogP contribution in [0.2, 0.25) is 0 Å². The Hall–Kier alpha value is -1.88. The summed E-state index contributed by atoms with van der Waals surface area (Å²) >= 11 is 0. The molecule has 0 atom stereocenters. The first-order valence-corrected chi connectivity index (χ1v) is 13.4. The maximum absolute atomic E-state index is 10.8. The Bertz CT molecular complexity index is 487. The number of rotatable bonds is 24. The molecule has 0 unspecified atom stereocenters. The Morgan fingerprint density at radius 2 is 0.971 bits per heavy atom. The molecule has 0 heterocycles. The van der Waals surface area contributed by atoms with Gasteiger partial charge in [-0.05, 0) is 6.42 Å². The van der Waals surface area contributed by atoms with Crippen molar-refractivity contribution in [3.63, 3.8) is 0 Å².